The molecule has 2 amide bonds. The van der Waals surface area contributed by atoms with E-state index >= 15 is 0 Å². The van der Waals surface area contributed by atoms with Crippen LogP contribution in [0.5, 0.6) is 0 Å². The number of hydrogen-bond acceptors (Lipinski definition) is 4. The van der Waals surface area contributed by atoms with Crippen molar-refractivity contribution in [1.82, 2.24) is 10.3 Å². The van der Waals surface area contributed by atoms with Crippen LogP contribution >= 0.6 is 15.9 Å². The predicted octanol–water partition coefficient (Wildman–Crippen LogP) is 0.422. The van der Waals surface area contributed by atoms with Gasteiger partial charge in [-0.2, -0.15) is 5.26 Å². The fraction of sp³-hybridized carbons (Fsp3) is 0.111. The van der Waals surface area contributed by atoms with Crippen LogP contribution in [0, 0.1) is 11.3 Å². The molecule has 0 saturated carbocycles. The normalized spacial score (nSPS) is 9.00. The van der Waals surface area contributed by atoms with E-state index in [9.17, 15) is 9.59 Å². The van der Waals surface area contributed by atoms with Crippen LogP contribution in [0.3, 0.4) is 0 Å². The Labute approximate surface area is 99.8 Å². The highest BCUT2D eigenvalue weighted by Crippen LogP contribution is 2.17. The first-order valence-electron chi connectivity index (χ1n) is 4.22. The van der Waals surface area contributed by atoms with Crippen LogP contribution in [-0.4, -0.2) is 23.3 Å². The van der Waals surface area contributed by atoms with Gasteiger partial charge in [0.05, 0.1) is 10.5 Å². The van der Waals surface area contributed by atoms with Gasteiger partial charge in [0.2, 0.25) is 0 Å². The van der Waals surface area contributed by atoms with Crippen molar-refractivity contribution in [2.24, 2.45) is 0 Å². The number of amides is 2. The molecule has 0 aromatic carbocycles. The highest BCUT2D eigenvalue weighted by Gasteiger charge is 2.14. The highest BCUT2D eigenvalue weighted by atomic mass is 79.9. The van der Waals surface area contributed by atoms with E-state index in [2.05, 4.69) is 31.5 Å². The molecule has 0 spiro atoms. The van der Waals surface area contributed by atoms with Gasteiger partial charge in [0.1, 0.15) is 12.4 Å². The van der Waals surface area contributed by atoms with E-state index in [4.69, 9.17) is 5.26 Å². The van der Waals surface area contributed by atoms with Crippen molar-refractivity contribution in [1.29, 1.82) is 5.26 Å². The van der Waals surface area contributed by atoms with E-state index in [1.807, 2.05) is 0 Å². The molecule has 2 N–H and O–H groups in total. The predicted molar refractivity (Wildman–Crippen MR) is 59.2 cm³/mol. The maximum Gasteiger partial charge on any atom is 0.314 e. The van der Waals surface area contributed by atoms with Crippen LogP contribution in [0.2, 0.25) is 0 Å². The third-order valence-electron chi connectivity index (χ3n) is 1.52. The van der Waals surface area contributed by atoms with Gasteiger partial charge < -0.3 is 10.6 Å². The Morgan fingerprint density at radius 2 is 2.25 bits per heavy atom. The monoisotopic (exact) mass is 282 g/mol. The summed E-state index contributed by atoms with van der Waals surface area (Å²) < 4.78 is 0.566. The molecule has 0 saturated heterocycles. The molecule has 0 aliphatic rings. The lowest BCUT2D eigenvalue weighted by Crippen LogP contribution is -2.35. The molecule has 0 unspecified atom stereocenters. The van der Waals surface area contributed by atoms with Crippen molar-refractivity contribution in [3.63, 3.8) is 0 Å². The van der Waals surface area contributed by atoms with Gasteiger partial charge in [-0.1, -0.05) is 0 Å². The number of carbonyl (C=O) groups excluding carboxylic acids is 2. The van der Waals surface area contributed by atoms with E-state index in [1.165, 1.54) is 6.20 Å². The Morgan fingerprint density at radius 3 is 2.88 bits per heavy atom. The summed E-state index contributed by atoms with van der Waals surface area (Å²) in [5, 5.41) is 12.6. The molecule has 6 nitrogen and oxygen atoms in total. The molecule has 0 fully saturated rings. The van der Waals surface area contributed by atoms with Crippen LogP contribution in [0.25, 0.3) is 0 Å². The number of nitrogens with one attached hydrogen (secondary N) is 2. The summed E-state index contributed by atoms with van der Waals surface area (Å²) in [4.78, 5) is 26.2. The zero-order chi connectivity index (χ0) is 12.0. The first kappa shape index (κ1) is 12.1. The molecule has 1 aromatic rings. The van der Waals surface area contributed by atoms with Crippen molar-refractivity contribution in [3.8, 4) is 6.07 Å². The van der Waals surface area contributed by atoms with Crippen LogP contribution in [0.1, 0.15) is 0 Å². The molecule has 1 heterocycles. The van der Waals surface area contributed by atoms with Gasteiger partial charge in [-0.3, -0.25) is 9.59 Å². The Hall–Kier alpha value is -1.94. The van der Waals surface area contributed by atoms with E-state index < -0.39 is 11.8 Å². The molecule has 0 aliphatic heterocycles. The second-order valence-electron chi connectivity index (χ2n) is 2.63. The van der Waals surface area contributed by atoms with Crippen LogP contribution in [-0.2, 0) is 9.59 Å². The zero-order valence-electron chi connectivity index (χ0n) is 8.03. The lowest BCUT2D eigenvalue weighted by molar-refractivity contribution is -0.136. The Kier molecular flexibility index (Phi) is 4.42. The summed E-state index contributed by atoms with van der Waals surface area (Å²) in [5.74, 6) is -1.49. The van der Waals surface area contributed by atoms with Gasteiger partial charge in [0.15, 0.2) is 0 Å². The van der Waals surface area contributed by atoms with Gasteiger partial charge in [-0.15, -0.1) is 0 Å². The second-order valence-corrected chi connectivity index (χ2v) is 3.48. The maximum atomic E-state index is 11.3. The largest absolute Gasteiger partial charge is 0.335 e. The summed E-state index contributed by atoms with van der Waals surface area (Å²) in [7, 11) is 0. The molecule has 82 valence electrons. The number of carbonyl (C=O) groups is 2. The molecule has 16 heavy (non-hydrogen) atoms. The summed E-state index contributed by atoms with van der Waals surface area (Å²) >= 11 is 3.17. The van der Waals surface area contributed by atoms with E-state index in [-0.39, 0.29) is 12.4 Å². The Balaban J connectivity index is 2.62. The molecule has 1 rings (SSSR count). The fourth-order valence-corrected chi connectivity index (χ4v) is 1.20. The van der Waals surface area contributed by atoms with Gasteiger partial charge in [-0.25, -0.2) is 4.98 Å². The number of pyridine rings is 1. The maximum absolute atomic E-state index is 11.3. The van der Waals surface area contributed by atoms with Gasteiger partial charge in [0.25, 0.3) is 0 Å². The number of rotatable bonds is 2. The van der Waals surface area contributed by atoms with E-state index in [0.717, 1.165) is 0 Å². The SMILES string of the molecule is N#CCNC(=O)C(=O)Nc1ncccc1Br. The van der Waals surface area contributed by atoms with Crippen LogP contribution in [0.15, 0.2) is 22.8 Å². The van der Waals surface area contributed by atoms with E-state index in [0.29, 0.717) is 4.47 Å². The standard InChI is InChI=1S/C9H7BrN4O2/c10-6-2-1-4-12-7(6)14-9(16)8(15)13-5-3-11/h1-2,4H,5H2,(H,13,15)(H,12,14,16). The minimum absolute atomic E-state index is 0.213. The fourth-order valence-electron chi connectivity index (χ4n) is 0.842. The zero-order valence-corrected chi connectivity index (χ0v) is 9.61. The number of hydrogen-bond donors (Lipinski definition) is 2. The van der Waals surface area contributed by atoms with Gasteiger partial charge >= 0.3 is 11.8 Å². The van der Waals surface area contributed by atoms with Crippen molar-refractivity contribution >= 4 is 33.6 Å². The third-order valence-corrected chi connectivity index (χ3v) is 2.16. The quantitative estimate of drug-likeness (QED) is 0.607. The first-order valence-corrected chi connectivity index (χ1v) is 5.01. The van der Waals surface area contributed by atoms with Crippen molar-refractivity contribution in [3.05, 3.63) is 22.8 Å². The minimum atomic E-state index is -0.876. The van der Waals surface area contributed by atoms with Gasteiger partial charge in [0, 0.05) is 6.20 Å². The topological polar surface area (TPSA) is 94.9 Å². The average molecular weight is 283 g/mol. The number of nitriles is 1. The summed E-state index contributed by atoms with van der Waals surface area (Å²) in [6.07, 6.45) is 1.48. The summed E-state index contributed by atoms with van der Waals surface area (Å²) in [6.45, 7) is -0.213. The first-order chi connectivity index (χ1) is 7.65. The third kappa shape index (κ3) is 3.33. The Bertz CT molecular complexity index is 455. The number of anilines is 1. The lowest BCUT2D eigenvalue weighted by Gasteiger charge is -2.04. The van der Waals surface area contributed by atoms with Crippen LogP contribution < -0.4 is 10.6 Å². The molecule has 0 atom stereocenters. The number of nitrogens with zero attached hydrogens (tertiary/aromatic N) is 2. The van der Waals surface area contributed by atoms with Crippen molar-refractivity contribution in [2.75, 3.05) is 11.9 Å². The highest BCUT2D eigenvalue weighted by molar-refractivity contribution is 9.10. The molecular formula is C9H7BrN4O2. The summed E-state index contributed by atoms with van der Waals surface area (Å²) in [5.41, 5.74) is 0. The molecular weight excluding hydrogens is 276 g/mol. The van der Waals surface area contributed by atoms with Crippen LogP contribution in [0.4, 0.5) is 5.82 Å². The molecule has 0 aliphatic carbocycles. The number of halogens is 1. The average Bonchev–Trinajstić information content (AvgIpc) is 2.28. The Morgan fingerprint density at radius 1 is 1.50 bits per heavy atom. The van der Waals surface area contributed by atoms with Crippen molar-refractivity contribution in [2.45, 2.75) is 0 Å². The second kappa shape index (κ2) is 5.82. The summed E-state index contributed by atoms with van der Waals surface area (Å²) in [6, 6.07) is 5.04. The number of aromatic nitrogens is 1. The smallest absolute Gasteiger partial charge is 0.314 e. The minimum Gasteiger partial charge on any atom is -0.335 e. The van der Waals surface area contributed by atoms with Crippen molar-refractivity contribution < 1.29 is 9.59 Å². The van der Waals surface area contributed by atoms with Gasteiger partial charge in [-0.05, 0) is 28.1 Å². The molecule has 0 radical (unpaired) electrons. The lowest BCUT2D eigenvalue weighted by atomic mass is 10.4. The molecule has 7 heteroatoms. The molecule has 1 aromatic heterocycles. The molecule has 0 bridgehead atoms. The van der Waals surface area contributed by atoms with E-state index in [1.54, 1.807) is 18.2 Å².